The van der Waals surface area contributed by atoms with E-state index in [0.29, 0.717) is 25.3 Å². The average Bonchev–Trinajstić information content (AvgIpc) is 2.40. The molecule has 1 aromatic rings. The molecule has 0 atom stereocenters. The van der Waals surface area contributed by atoms with Crippen molar-refractivity contribution in [2.45, 2.75) is 11.4 Å². The Morgan fingerprint density at radius 2 is 2.05 bits per heavy atom. The minimum absolute atomic E-state index is 0.264. The van der Waals surface area contributed by atoms with Crippen LogP contribution in [0.5, 0.6) is 0 Å². The Labute approximate surface area is 112 Å². The van der Waals surface area contributed by atoms with Crippen LogP contribution in [0.15, 0.2) is 23.1 Å². The number of hydrogen-bond donors (Lipinski definition) is 1. The van der Waals surface area contributed by atoms with E-state index in [0.717, 1.165) is 0 Å². The Kier molecular flexibility index (Phi) is 4.51. The number of benzene rings is 1. The second-order valence-electron chi connectivity index (χ2n) is 4.31. The van der Waals surface area contributed by atoms with Gasteiger partial charge in [0.05, 0.1) is 13.2 Å². The van der Waals surface area contributed by atoms with Crippen LogP contribution in [-0.4, -0.2) is 46.1 Å². The lowest BCUT2D eigenvalue weighted by atomic mass is 10.2. The van der Waals surface area contributed by atoms with Gasteiger partial charge in [0.25, 0.3) is 0 Å². The predicted octanol–water partition coefficient (Wildman–Crippen LogP) is 0.566. The van der Waals surface area contributed by atoms with E-state index in [-0.39, 0.29) is 18.0 Å². The molecule has 5 nitrogen and oxygen atoms in total. The monoisotopic (exact) mass is 288 g/mol. The molecule has 0 bridgehead atoms. The van der Waals surface area contributed by atoms with Gasteiger partial charge in [0.1, 0.15) is 10.7 Å². The van der Waals surface area contributed by atoms with Gasteiger partial charge in [-0.25, -0.2) is 12.8 Å². The lowest BCUT2D eigenvalue weighted by Gasteiger charge is -2.26. The first kappa shape index (κ1) is 14.4. The maximum atomic E-state index is 14.0. The molecular formula is C12H17FN2O3S. The van der Waals surface area contributed by atoms with Crippen molar-refractivity contribution in [2.24, 2.45) is 0 Å². The topological polar surface area (TPSA) is 58.6 Å². The van der Waals surface area contributed by atoms with Gasteiger partial charge in [-0.3, -0.25) is 0 Å². The molecule has 0 aromatic heterocycles. The van der Waals surface area contributed by atoms with Crippen molar-refractivity contribution in [2.75, 3.05) is 33.4 Å². The molecule has 0 saturated carbocycles. The molecule has 0 spiro atoms. The summed E-state index contributed by atoms with van der Waals surface area (Å²) < 4.78 is 44.9. The minimum atomic E-state index is -3.77. The summed E-state index contributed by atoms with van der Waals surface area (Å²) >= 11 is 0. The van der Waals surface area contributed by atoms with Crippen LogP contribution in [0.25, 0.3) is 0 Å². The quantitative estimate of drug-likeness (QED) is 0.880. The predicted molar refractivity (Wildman–Crippen MR) is 68.7 cm³/mol. The molecule has 2 rings (SSSR count). The van der Waals surface area contributed by atoms with E-state index in [1.54, 1.807) is 13.1 Å². The van der Waals surface area contributed by atoms with E-state index < -0.39 is 15.8 Å². The number of ether oxygens (including phenoxy) is 1. The van der Waals surface area contributed by atoms with E-state index in [2.05, 4.69) is 5.32 Å². The smallest absolute Gasteiger partial charge is 0.246 e. The van der Waals surface area contributed by atoms with Crippen molar-refractivity contribution in [1.82, 2.24) is 9.62 Å². The van der Waals surface area contributed by atoms with Gasteiger partial charge in [-0.1, -0.05) is 6.07 Å². The van der Waals surface area contributed by atoms with Crippen LogP contribution in [0.2, 0.25) is 0 Å². The van der Waals surface area contributed by atoms with Gasteiger partial charge in [-0.05, 0) is 24.7 Å². The average molecular weight is 288 g/mol. The highest BCUT2D eigenvalue weighted by Crippen LogP contribution is 2.21. The Morgan fingerprint density at radius 3 is 2.63 bits per heavy atom. The van der Waals surface area contributed by atoms with Crippen molar-refractivity contribution < 1.29 is 17.5 Å². The normalized spacial score (nSPS) is 17.6. The number of sulfonamides is 1. The molecular weight excluding hydrogens is 271 g/mol. The summed E-state index contributed by atoms with van der Waals surface area (Å²) in [6.45, 7) is 1.71. The lowest BCUT2D eigenvalue weighted by molar-refractivity contribution is 0.0729. The molecule has 0 aliphatic carbocycles. The van der Waals surface area contributed by atoms with Crippen molar-refractivity contribution in [3.63, 3.8) is 0 Å². The Balaban J connectivity index is 2.29. The Hall–Kier alpha value is -1.02. The van der Waals surface area contributed by atoms with Gasteiger partial charge >= 0.3 is 0 Å². The van der Waals surface area contributed by atoms with Crippen LogP contribution in [-0.2, 0) is 21.3 Å². The minimum Gasteiger partial charge on any atom is -0.379 e. The summed E-state index contributed by atoms with van der Waals surface area (Å²) in [6.07, 6.45) is 0. The Morgan fingerprint density at radius 1 is 1.37 bits per heavy atom. The van der Waals surface area contributed by atoms with Crippen molar-refractivity contribution in [1.29, 1.82) is 0 Å². The number of halogens is 1. The molecule has 1 aliphatic heterocycles. The summed E-state index contributed by atoms with van der Waals surface area (Å²) in [5, 5.41) is 2.89. The molecule has 7 heteroatoms. The highest BCUT2D eigenvalue weighted by atomic mass is 32.2. The molecule has 0 amide bonds. The second kappa shape index (κ2) is 5.96. The molecule has 1 fully saturated rings. The maximum absolute atomic E-state index is 14.0. The molecule has 19 heavy (non-hydrogen) atoms. The molecule has 0 unspecified atom stereocenters. The van der Waals surface area contributed by atoms with Gasteiger partial charge in [-0.2, -0.15) is 4.31 Å². The molecule has 1 aliphatic rings. The third-order valence-electron chi connectivity index (χ3n) is 2.97. The molecule has 1 aromatic carbocycles. The zero-order valence-electron chi connectivity index (χ0n) is 10.7. The fraction of sp³-hybridized carbons (Fsp3) is 0.500. The van der Waals surface area contributed by atoms with Gasteiger partial charge < -0.3 is 10.1 Å². The first-order valence-corrected chi connectivity index (χ1v) is 7.50. The van der Waals surface area contributed by atoms with E-state index in [4.69, 9.17) is 4.74 Å². The van der Waals surface area contributed by atoms with Crippen molar-refractivity contribution >= 4 is 10.0 Å². The van der Waals surface area contributed by atoms with Crippen LogP contribution >= 0.6 is 0 Å². The maximum Gasteiger partial charge on any atom is 0.246 e. The fourth-order valence-corrected chi connectivity index (χ4v) is 3.45. The van der Waals surface area contributed by atoms with Gasteiger partial charge in [0, 0.05) is 19.6 Å². The van der Waals surface area contributed by atoms with E-state index >= 15 is 0 Å². The summed E-state index contributed by atoms with van der Waals surface area (Å²) in [7, 11) is -2.02. The second-order valence-corrected chi connectivity index (χ2v) is 6.22. The number of nitrogens with one attached hydrogen (secondary N) is 1. The van der Waals surface area contributed by atoms with Crippen LogP contribution in [0, 0.1) is 5.82 Å². The number of nitrogens with zero attached hydrogens (tertiary/aromatic N) is 1. The number of hydrogen-bond acceptors (Lipinski definition) is 4. The van der Waals surface area contributed by atoms with Crippen molar-refractivity contribution in [3.05, 3.63) is 29.6 Å². The summed E-state index contributed by atoms with van der Waals surface area (Å²) in [5.74, 6) is -0.709. The SMILES string of the molecule is CNCc1ccc(S(=O)(=O)N2CCOCC2)c(F)c1. The van der Waals surface area contributed by atoms with E-state index in [9.17, 15) is 12.8 Å². The highest BCUT2D eigenvalue weighted by molar-refractivity contribution is 7.89. The third kappa shape index (κ3) is 3.11. The van der Waals surface area contributed by atoms with Gasteiger partial charge in [0.2, 0.25) is 10.0 Å². The summed E-state index contributed by atoms with van der Waals surface area (Å²) in [5.41, 5.74) is 0.709. The third-order valence-corrected chi connectivity index (χ3v) is 4.90. The largest absolute Gasteiger partial charge is 0.379 e. The molecule has 0 radical (unpaired) electrons. The molecule has 1 N–H and O–H groups in total. The first-order chi connectivity index (χ1) is 9.05. The van der Waals surface area contributed by atoms with E-state index in [1.165, 1.54) is 16.4 Å². The standard InChI is InChI=1S/C12H17FN2O3S/c1-14-9-10-2-3-12(11(13)8-10)19(16,17)15-4-6-18-7-5-15/h2-3,8,14H,4-7,9H2,1H3. The van der Waals surface area contributed by atoms with Crippen LogP contribution < -0.4 is 5.32 Å². The van der Waals surface area contributed by atoms with Crippen LogP contribution in [0.1, 0.15) is 5.56 Å². The summed E-state index contributed by atoms with van der Waals surface area (Å²) in [6, 6.07) is 4.20. The number of rotatable bonds is 4. The van der Waals surface area contributed by atoms with E-state index in [1.807, 2.05) is 0 Å². The molecule has 1 heterocycles. The first-order valence-electron chi connectivity index (χ1n) is 6.06. The highest BCUT2D eigenvalue weighted by Gasteiger charge is 2.28. The van der Waals surface area contributed by atoms with Gasteiger partial charge in [0.15, 0.2) is 0 Å². The fourth-order valence-electron chi connectivity index (χ4n) is 1.99. The Bertz CT molecular complexity index is 542. The molecule has 106 valence electrons. The molecule has 1 saturated heterocycles. The van der Waals surface area contributed by atoms with Crippen molar-refractivity contribution in [3.8, 4) is 0 Å². The number of morpholine rings is 1. The summed E-state index contributed by atoms with van der Waals surface area (Å²) in [4.78, 5) is -0.269. The van der Waals surface area contributed by atoms with Gasteiger partial charge in [-0.15, -0.1) is 0 Å². The zero-order valence-corrected chi connectivity index (χ0v) is 11.5. The van der Waals surface area contributed by atoms with Crippen LogP contribution in [0.3, 0.4) is 0 Å². The van der Waals surface area contributed by atoms with Crippen LogP contribution in [0.4, 0.5) is 4.39 Å². The lowest BCUT2D eigenvalue weighted by Crippen LogP contribution is -2.40. The zero-order chi connectivity index (χ0) is 13.9.